The maximum absolute atomic E-state index is 10.9. The van der Waals surface area contributed by atoms with Crippen LogP contribution in [0, 0.1) is 0 Å². The molecule has 1 aromatic heterocycles. The Morgan fingerprint density at radius 2 is 2.09 bits per heavy atom. The van der Waals surface area contributed by atoms with Crippen LogP contribution in [0.2, 0.25) is 0 Å². The van der Waals surface area contributed by atoms with Crippen LogP contribution in [-0.4, -0.2) is 16.1 Å². The van der Waals surface area contributed by atoms with Gasteiger partial charge in [0.1, 0.15) is 5.52 Å². The van der Waals surface area contributed by atoms with E-state index < -0.39 is 5.97 Å². The summed E-state index contributed by atoms with van der Waals surface area (Å²) in [6, 6.07) is 15.1. The van der Waals surface area contributed by atoms with E-state index in [9.17, 15) is 4.79 Å². The van der Waals surface area contributed by atoms with Gasteiger partial charge in [-0.2, -0.15) is 4.98 Å². The average Bonchev–Trinajstić information content (AvgIpc) is 2.97. The lowest BCUT2D eigenvalue weighted by molar-refractivity contribution is -0.137. The highest BCUT2D eigenvalue weighted by Crippen LogP contribution is 2.28. The first kappa shape index (κ1) is 15.1. The second-order valence-electron chi connectivity index (χ2n) is 5.43. The topological polar surface area (TPSA) is 92.6 Å². The second-order valence-corrected chi connectivity index (χ2v) is 5.43. The van der Waals surface area contributed by atoms with Crippen molar-refractivity contribution >= 4 is 28.8 Å². The Morgan fingerprint density at radius 3 is 2.83 bits per heavy atom. The predicted octanol–water partition coefficient (Wildman–Crippen LogP) is 3.42. The first-order valence-electron chi connectivity index (χ1n) is 7.27. The molecule has 0 fully saturated rings. The van der Waals surface area contributed by atoms with E-state index >= 15 is 0 Å². The molecule has 0 aliphatic carbocycles. The number of oxazole rings is 1. The molecule has 118 valence electrons. The van der Waals surface area contributed by atoms with Gasteiger partial charge in [0.2, 0.25) is 0 Å². The zero-order valence-electron chi connectivity index (χ0n) is 12.6. The number of nitrogens with zero attached hydrogens (tertiary/aromatic N) is 2. The number of carboxylic acids is 1. The molecule has 0 spiro atoms. The molecule has 1 heterocycles. The van der Waals surface area contributed by atoms with Gasteiger partial charge in [-0.15, -0.1) is 0 Å². The average molecular weight is 311 g/mol. The number of aliphatic carboxylic acids is 1. The number of carboxylic acid groups (broad SMARTS) is 1. The number of rotatable bonds is 5. The van der Waals surface area contributed by atoms with Gasteiger partial charge in [0, 0.05) is 0 Å². The van der Waals surface area contributed by atoms with Crippen molar-refractivity contribution in [2.45, 2.75) is 19.3 Å². The number of para-hydroxylation sites is 2. The lowest BCUT2D eigenvalue weighted by Crippen LogP contribution is -2.25. The normalized spacial score (nSPS) is 12.3. The van der Waals surface area contributed by atoms with Crippen molar-refractivity contribution in [3.63, 3.8) is 0 Å². The zero-order valence-corrected chi connectivity index (χ0v) is 12.6. The number of hydrogen-bond acceptors (Lipinski definition) is 5. The van der Waals surface area contributed by atoms with Crippen LogP contribution in [0.15, 0.2) is 52.9 Å². The van der Waals surface area contributed by atoms with Gasteiger partial charge in [0.25, 0.3) is 0 Å². The van der Waals surface area contributed by atoms with Crippen molar-refractivity contribution in [1.29, 1.82) is 0 Å². The highest BCUT2D eigenvalue weighted by atomic mass is 16.4. The first-order valence-corrected chi connectivity index (χ1v) is 7.27. The number of carbonyl (C=O) groups is 1. The number of anilines is 2. The minimum atomic E-state index is -0.827. The fourth-order valence-corrected chi connectivity index (χ4v) is 2.43. The highest BCUT2D eigenvalue weighted by Gasteiger charge is 2.15. The Labute approximate surface area is 133 Å². The molecule has 23 heavy (non-hydrogen) atoms. The largest absolute Gasteiger partial charge is 0.481 e. The standard InChI is InChI=1S/C17H17N3O3/c1-11(9-16(21)22)12-5-4-6-13(10-12)20(18)17-19-14-7-2-3-8-15(14)23-17/h2-8,10-11H,9,18H2,1H3,(H,21,22). The quantitative estimate of drug-likeness (QED) is 0.554. The molecule has 1 atom stereocenters. The van der Waals surface area contributed by atoms with E-state index in [1.807, 2.05) is 55.5 Å². The fraction of sp³-hybridized carbons (Fsp3) is 0.176. The summed E-state index contributed by atoms with van der Waals surface area (Å²) >= 11 is 0. The van der Waals surface area contributed by atoms with Crippen LogP contribution in [0.25, 0.3) is 11.1 Å². The van der Waals surface area contributed by atoms with Gasteiger partial charge in [-0.05, 0) is 35.7 Å². The summed E-state index contributed by atoms with van der Waals surface area (Å²) in [7, 11) is 0. The predicted molar refractivity (Wildman–Crippen MR) is 87.4 cm³/mol. The third kappa shape index (κ3) is 3.17. The van der Waals surface area contributed by atoms with Gasteiger partial charge in [-0.3, -0.25) is 4.79 Å². The fourth-order valence-electron chi connectivity index (χ4n) is 2.43. The van der Waals surface area contributed by atoms with Gasteiger partial charge in [-0.25, -0.2) is 10.9 Å². The first-order chi connectivity index (χ1) is 11.0. The van der Waals surface area contributed by atoms with Gasteiger partial charge in [0.15, 0.2) is 5.58 Å². The van der Waals surface area contributed by atoms with E-state index in [4.69, 9.17) is 15.4 Å². The van der Waals surface area contributed by atoms with Crippen LogP contribution in [-0.2, 0) is 4.79 Å². The molecule has 0 saturated heterocycles. The number of fused-ring (bicyclic) bond motifs is 1. The Bertz CT molecular complexity index is 811. The number of aromatic nitrogens is 1. The molecule has 3 N–H and O–H groups in total. The molecular weight excluding hydrogens is 294 g/mol. The van der Waals surface area contributed by atoms with Crippen LogP contribution < -0.4 is 10.9 Å². The Balaban J connectivity index is 1.89. The molecule has 2 aromatic carbocycles. The Hall–Kier alpha value is -2.86. The maximum atomic E-state index is 10.9. The summed E-state index contributed by atoms with van der Waals surface area (Å²) in [5, 5.41) is 10.3. The third-order valence-corrected chi connectivity index (χ3v) is 3.69. The molecule has 0 saturated carbocycles. The summed E-state index contributed by atoms with van der Waals surface area (Å²) in [5.74, 6) is 5.18. The van der Waals surface area contributed by atoms with E-state index in [0.29, 0.717) is 11.3 Å². The minimum absolute atomic E-state index is 0.0664. The molecule has 0 aliphatic heterocycles. The Kier molecular flexibility index (Phi) is 3.99. The molecule has 0 radical (unpaired) electrons. The molecule has 0 amide bonds. The third-order valence-electron chi connectivity index (χ3n) is 3.69. The van der Waals surface area contributed by atoms with Crippen molar-refractivity contribution < 1.29 is 14.3 Å². The molecule has 3 aromatic rings. The number of benzene rings is 2. The van der Waals surface area contributed by atoms with Crippen LogP contribution in [0.5, 0.6) is 0 Å². The van der Waals surface area contributed by atoms with Crippen LogP contribution in [0.1, 0.15) is 24.8 Å². The lowest BCUT2D eigenvalue weighted by atomic mass is 9.97. The number of hydrogen-bond donors (Lipinski definition) is 2. The van der Waals surface area contributed by atoms with Crippen molar-refractivity contribution in [3.8, 4) is 0 Å². The van der Waals surface area contributed by atoms with Gasteiger partial charge in [0.05, 0.1) is 12.1 Å². The second kappa shape index (κ2) is 6.10. The van der Waals surface area contributed by atoms with Crippen LogP contribution in [0.4, 0.5) is 11.7 Å². The van der Waals surface area contributed by atoms with E-state index in [2.05, 4.69) is 4.98 Å². The van der Waals surface area contributed by atoms with Crippen LogP contribution >= 0.6 is 0 Å². The molecule has 6 heteroatoms. The molecule has 3 rings (SSSR count). The SMILES string of the molecule is CC(CC(=O)O)c1cccc(N(N)c2nc3ccccc3o2)c1. The molecule has 0 bridgehead atoms. The lowest BCUT2D eigenvalue weighted by Gasteiger charge is -2.16. The van der Waals surface area contributed by atoms with E-state index in [1.165, 1.54) is 5.01 Å². The van der Waals surface area contributed by atoms with E-state index in [1.54, 1.807) is 0 Å². The smallest absolute Gasteiger partial charge is 0.317 e. The summed E-state index contributed by atoms with van der Waals surface area (Å²) < 4.78 is 5.64. The van der Waals surface area contributed by atoms with E-state index in [0.717, 1.165) is 11.1 Å². The van der Waals surface area contributed by atoms with Crippen molar-refractivity contribution in [1.82, 2.24) is 4.98 Å². The maximum Gasteiger partial charge on any atom is 0.317 e. The summed E-state index contributed by atoms with van der Waals surface area (Å²) in [6.45, 7) is 1.87. The molecular formula is C17H17N3O3. The number of nitrogens with two attached hydrogens (primary N) is 1. The van der Waals surface area contributed by atoms with Crippen molar-refractivity contribution in [2.75, 3.05) is 5.01 Å². The monoisotopic (exact) mass is 311 g/mol. The van der Waals surface area contributed by atoms with Gasteiger partial charge < -0.3 is 9.52 Å². The van der Waals surface area contributed by atoms with Crippen LogP contribution in [0.3, 0.4) is 0 Å². The molecule has 6 nitrogen and oxygen atoms in total. The summed E-state index contributed by atoms with van der Waals surface area (Å²) in [6.07, 6.45) is 0.0664. The van der Waals surface area contributed by atoms with Crippen molar-refractivity contribution in [3.05, 3.63) is 54.1 Å². The minimum Gasteiger partial charge on any atom is -0.481 e. The zero-order chi connectivity index (χ0) is 16.4. The highest BCUT2D eigenvalue weighted by molar-refractivity contribution is 5.75. The van der Waals surface area contributed by atoms with Gasteiger partial charge >= 0.3 is 12.0 Å². The Morgan fingerprint density at radius 1 is 1.30 bits per heavy atom. The summed E-state index contributed by atoms with van der Waals surface area (Å²) in [4.78, 5) is 15.2. The van der Waals surface area contributed by atoms with Crippen molar-refractivity contribution in [2.24, 2.45) is 5.84 Å². The summed E-state index contributed by atoms with van der Waals surface area (Å²) in [5.41, 5.74) is 2.98. The number of hydrazine groups is 1. The van der Waals surface area contributed by atoms with Gasteiger partial charge in [-0.1, -0.05) is 31.2 Å². The van der Waals surface area contributed by atoms with E-state index in [-0.39, 0.29) is 18.4 Å². The molecule has 1 unspecified atom stereocenters. The molecule has 0 aliphatic rings.